The number of ether oxygens (including phenoxy) is 1. The van der Waals surface area contributed by atoms with E-state index in [1.807, 2.05) is 32.0 Å². The topological polar surface area (TPSA) is 74.2 Å². The normalized spacial score (nSPS) is 10.8. The second-order valence-corrected chi connectivity index (χ2v) is 4.36. The zero-order valence-corrected chi connectivity index (χ0v) is 10.6. The minimum absolute atomic E-state index is 0.251. The van der Waals surface area contributed by atoms with Gasteiger partial charge in [-0.15, -0.1) is 10.2 Å². The average molecular weight is 247 g/mol. The predicted molar refractivity (Wildman–Crippen MR) is 68.4 cm³/mol. The standard InChI is InChI=1S/C13H17N3O2/c1-9(2)13-16-15-12(18-13)6-7-17-11-5-3-4-10(14)8-11/h3-5,8-9H,6-7,14H2,1-2H3. The number of hydrogen-bond acceptors (Lipinski definition) is 5. The summed E-state index contributed by atoms with van der Waals surface area (Å²) in [7, 11) is 0. The number of nitrogens with zero attached hydrogens (tertiary/aromatic N) is 2. The average Bonchev–Trinajstić information content (AvgIpc) is 2.78. The third kappa shape index (κ3) is 3.23. The first-order chi connectivity index (χ1) is 8.65. The Hall–Kier alpha value is -2.04. The van der Waals surface area contributed by atoms with Crippen molar-refractivity contribution in [1.29, 1.82) is 0 Å². The highest BCUT2D eigenvalue weighted by atomic mass is 16.5. The Morgan fingerprint density at radius 1 is 1.33 bits per heavy atom. The van der Waals surface area contributed by atoms with Crippen molar-refractivity contribution in [1.82, 2.24) is 10.2 Å². The Morgan fingerprint density at radius 3 is 2.83 bits per heavy atom. The van der Waals surface area contributed by atoms with Gasteiger partial charge in [-0.3, -0.25) is 0 Å². The Labute approximate surface area is 106 Å². The molecule has 1 aromatic heterocycles. The van der Waals surface area contributed by atoms with Gasteiger partial charge < -0.3 is 14.9 Å². The number of nitrogens with two attached hydrogens (primary N) is 1. The van der Waals surface area contributed by atoms with E-state index in [2.05, 4.69) is 10.2 Å². The molecule has 0 fully saturated rings. The number of rotatable bonds is 5. The summed E-state index contributed by atoms with van der Waals surface area (Å²) in [5.74, 6) is 2.26. The molecule has 18 heavy (non-hydrogen) atoms. The summed E-state index contributed by atoms with van der Waals surface area (Å²) in [5.41, 5.74) is 6.34. The smallest absolute Gasteiger partial charge is 0.219 e. The van der Waals surface area contributed by atoms with Crippen LogP contribution in [0.25, 0.3) is 0 Å². The van der Waals surface area contributed by atoms with Gasteiger partial charge in [0.15, 0.2) is 0 Å². The van der Waals surface area contributed by atoms with Crippen LogP contribution in [0.1, 0.15) is 31.5 Å². The molecular formula is C13H17N3O2. The van der Waals surface area contributed by atoms with Gasteiger partial charge in [0.05, 0.1) is 13.0 Å². The van der Waals surface area contributed by atoms with Crippen LogP contribution in [0.5, 0.6) is 5.75 Å². The van der Waals surface area contributed by atoms with E-state index in [4.69, 9.17) is 14.9 Å². The lowest BCUT2D eigenvalue weighted by Crippen LogP contribution is -2.02. The van der Waals surface area contributed by atoms with Crippen molar-refractivity contribution in [2.75, 3.05) is 12.3 Å². The Kier molecular flexibility index (Phi) is 3.82. The Balaban J connectivity index is 1.84. The summed E-state index contributed by atoms with van der Waals surface area (Å²) >= 11 is 0. The molecule has 0 unspecified atom stereocenters. The highest BCUT2D eigenvalue weighted by molar-refractivity contribution is 5.43. The molecule has 0 bridgehead atoms. The quantitative estimate of drug-likeness (QED) is 0.821. The molecule has 0 radical (unpaired) electrons. The minimum Gasteiger partial charge on any atom is -0.493 e. The van der Waals surface area contributed by atoms with Gasteiger partial charge in [0.25, 0.3) is 0 Å². The molecule has 2 rings (SSSR count). The number of anilines is 1. The molecule has 0 saturated heterocycles. The van der Waals surface area contributed by atoms with E-state index in [0.717, 1.165) is 5.75 Å². The maximum Gasteiger partial charge on any atom is 0.219 e. The molecule has 0 aliphatic rings. The third-order valence-electron chi connectivity index (χ3n) is 2.42. The molecule has 1 heterocycles. The van der Waals surface area contributed by atoms with E-state index in [9.17, 15) is 0 Å². The summed E-state index contributed by atoms with van der Waals surface area (Å²) < 4.78 is 11.0. The second kappa shape index (κ2) is 5.53. The molecule has 0 aliphatic carbocycles. The summed E-state index contributed by atoms with van der Waals surface area (Å²) in [6, 6.07) is 7.32. The van der Waals surface area contributed by atoms with E-state index in [-0.39, 0.29) is 5.92 Å². The third-order valence-corrected chi connectivity index (χ3v) is 2.42. The van der Waals surface area contributed by atoms with Gasteiger partial charge in [-0.1, -0.05) is 19.9 Å². The Bertz CT molecular complexity index is 508. The molecule has 5 nitrogen and oxygen atoms in total. The molecule has 0 saturated carbocycles. The molecule has 2 N–H and O–H groups in total. The van der Waals surface area contributed by atoms with Gasteiger partial charge in [-0.2, -0.15) is 0 Å². The fourth-order valence-electron chi connectivity index (χ4n) is 1.46. The maximum absolute atomic E-state index is 5.66. The molecule has 96 valence electrons. The number of hydrogen-bond donors (Lipinski definition) is 1. The van der Waals surface area contributed by atoms with Gasteiger partial charge in [-0.05, 0) is 12.1 Å². The fourth-order valence-corrected chi connectivity index (χ4v) is 1.46. The first-order valence-electron chi connectivity index (χ1n) is 5.96. The van der Waals surface area contributed by atoms with Crippen molar-refractivity contribution in [2.24, 2.45) is 0 Å². The monoisotopic (exact) mass is 247 g/mol. The lowest BCUT2D eigenvalue weighted by molar-refractivity contribution is 0.303. The summed E-state index contributed by atoms with van der Waals surface area (Å²) in [6.07, 6.45) is 0.592. The predicted octanol–water partition coefficient (Wildman–Crippen LogP) is 2.40. The van der Waals surface area contributed by atoms with Crippen LogP contribution in [-0.2, 0) is 6.42 Å². The zero-order valence-electron chi connectivity index (χ0n) is 10.6. The van der Waals surface area contributed by atoms with Gasteiger partial charge in [0, 0.05) is 17.7 Å². The largest absolute Gasteiger partial charge is 0.493 e. The van der Waals surface area contributed by atoms with Crippen LogP contribution in [0, 0.1) is 0 Å². The summed E-state index contributed by atoms with van der Waals surface area (Å²) in [5, 5.41) is 7.93. The van der Waals surface area contributed by atoms with Crippen LogP contribution in [0.15, 0.2) is 28.7 Å². The molecule has 0 aliphatic heterocycles. The van der Waals surface area contributed by atoms with Gasteiger partial charge >= 0.3 is 0 Å². The van der Waals surface area contributed by atoms with Crippen LogP contribution < -0.4 is 10.5 Å². The van der Waals surface area contributed by atoms with Crippen LogP contribution in [0.3, 0.4) is 0 Å². The lowest BCUT2D eigenvalue weighted by Gasteiger charge is -2.04. The maximum atomic E-state index is 5.66. The molecule has 5 heteroatoms. The van der Waals surface area contributed by atoms with Crippen LogP contribution in [0.2, 0.25) is 0 Å². The van der Waals surface area contributed by atoms with Gasteiger partial charge in [0.2, 0.25) is 11.8 Å². The number of nitrogen functional groups attached to an aromatic ring is 1. The fraction of sp³-hybridized carbons (Fsp3) is 0.385. The first kappa shape index (κ1) is 12.4. The van der Waals surface area contributed by atoms with Crippen LogP contribution in [-0.4, -0.2) is 16.8 Å². The van der Waals surface area contributed by atoms with E-state index >= 15 is 0 Å². The van der Waals surface area contributed by atoms with Crippen molar-refractivity contribution >= 4 is 5.69 Å². The summed E-state index contributed by atoms with van der Waals surface area (Å²) in [6.45, 7) is 4.52. The molecule has 0 amide bonds. The van der Waals surface area contributed by atoms with Crippen molar-refractivity contribution in [3.63, 3.8) is 0 Å². The van der Waals surface area contributed by atoms with Crippen molar-refractivity contribution in [2.45, 2.75) is 26.2 Å². The molecule has 0 atom stereocenters. The van der Waals surface area contributed by atoms with Crippen molar-refractivity contribution in [3.05, 3.63) is 36.0 Å². The second-order valence-electron chi connectivity index (χ2n) is 4.36. The molecule has 1 aromatic carbocycles. The van der Waals surface area contributed by atoms with Crippen molar-refractivity contribution in [3.8, 4) is 5.75 Å². The number of aromatic nitrogens is 2. The van der Waals surface area contributed by atoms with Crippen molar-refractivity contribution < 1.29 is 9.15 Å². The highest BCUT2D eigenvalue weighted by Crippen LogP contribution is 2.15. The van der Waals surface area contributed by atoms with Gasteiger partial charge in [0.1, 0.15) is 5.75 Å². The lowest BCUT2D eigenvalue weighted by atomic mass is 10.2. The van der Waals surface area contributed by atoms with E-state index in [0.29, 0.717) is 30.5 Å². The zero-order chi connectivity index (χ0) is 13.0. The van der Waals surface area contributed by atoms with E-state index < -0.39 is 0 Å². The Morgan fingerprint density at radius 2 is 2.17 bits per heavy atom. The number of benzene rings is 1. The molecular weight excluding hydrogens is 230 g/mol. The van der Waals surface area contributed by atoms with E-state index in [1.54, 1.807) is 6.07 Å². The van der Waals surface area contributed by atoms with Gasteiger partial charge in [-0.25, -0.2) is 0 Å². The van der Waals surface area contributed by atoms with Crippen LogP contribution >= 0.6 is 0 Å². The molecule has 2 aromatic rings. The minimum atomic E-state index is 0.251. The highest BCUT2D eigenvalue weighted by Gasteiger charge is 2.09. The first-order valence-corrected chi connectivity index (χ1v) is 5.96. The summed E-state index contributed by atoms with van der Waals surface area (Å²) in [4.78, 5) is 0. The SMILES string of the molecule is CC(C)c1nnc(CCOc2cccc(N)c2)o1. The van der Waals surface area contributed by atoms with E-state index in [1.165, 1.54) is 0 Å². The van der Waals surface area contributed by atoms with Crippen LogP contribution in [0.4, 0.5) is 5.69 Å². The molecule has 0 spiro atoms.